The molecule has 0 aromatic heterocycles. The second-order valence-corrected chi connectivity index (χ2v) is 11.4. The highest BCUT2D eigenvalue weighted by Gasteiger charge is 2.50. The predicted molar refractivity (Wildman–Crippen MR) is 162 cm³/mol. The van der Waals surface area contributed by atoms with Crippen LogP contribution in [-0.2, 0) is 10.3 Å². The lowest BCUT2D eigenvalue weighted by molar-refractivity contribution is 0.0252. The van der Waals surface area contributed by atoms with Crippen LogP contribution in [0.3, 0.4) is 0 Å². The highest BCUT2D eigenvalue weighted by molar-refractivity contribution is 5.98. The molecule has 0 saturated heterocycles. The molecule has 1 unspecified atom stereocenters. The van der Waals surface area contributed by atoms with Gasteiger partial charge in [-0.05, 0) is 82.0 Å². The number of nitrogens with one attached hydrogen (secondary N) is 1. The normalized spacial score (nSPS) is 19.0. The van der Waals surface area contributed by atoms with Crippen LogP contribution in [0.25, 0.3) is 0 Å². The van der Waals surface area contributed by atoms with Crippen molar-refractivity contribution in [2.75, 3.05) is 42.3 Å². The minimum absolute atomic E-state index is 0.273. The topological polar surface area (TPSA) is 44.8 Å². The van der Waals surface area contributed by atoms with Gasteiger partial charge >= 0.3 is 5.97 Å². The Morgan fingerprint density at radius 1 is 0.846 bits per heavy atom. The summed E-state index contributed by atoms with van der Waals surface area (Å²) in [6, 6.07) is 19.7. The molecule has 1 aliphatic heterocycles. The van der Waals surface area contributed by atoms with Crippen molar-refractivity contribution in [3.8, 4) is 0 Å². The van der Waals surface area contributed by atoms with Gasteiger partial charge in [-0.3, -0.25) is 0 Å². The van der Waals surface area contributed by atoms with Crippen molar-refractivity contribution < 1.29 is 9.53 Å². The second-order valence-electron chi connectivity index (χ2n) is 11.4. The van der Waals surface area contributed by atoms with Crippen LogP contribution in [0, 0.1) is 13.8 Å². The first-order valence-corrected chi connectivity index (χ1v) is 14.6. The molecule has 3 aromatic rings. The monoisotopic (exact) mass is 525 g/mol. The Bertz CT molecular complexity index is 1350. The van der Waals surface area contributed by atoms with Crippen molar-refractivity contribution in [2.45, 2.75) is 71.4 Å². The first kappa shape index (κ1) is 27.1. The minimum atomic E-state index is -1.03. The predicted octanol–water partition coefficient (Wildman–Crippen LogP) is 7.42. The zero-order valence-corrected chi connectivity index (χ0v) is 24.4. The van der Waals surface area contributed by atoms with E-state index in [1.165, 1.54) is 43.4 Å². The number of hydrogen-bond acceptors (Lipinski definition) is 5. The highest BCUT2D eigenvalue weighted by atomic mass is 16.6. The highest BCUT2D eigenvalue weighted by Crippen LogP contribution is 2.51. The molecule has 1 fully saturated rings. The molecule has 3 aromatic carbocycles. The van der Waals surface area contributed by atoms with E-state index in [0.717, 1.165) is 46.7 Å². The molecule has 0 bridgehead atoms. The summed E-state index contributed by atoms with van der Waals surface area (Å²) in [5.74, 6) is -0.273. The van der Waals surface area contributed by atoms with E-state index in [4.69, 9.17) is 4.74 Å². The summed E-state index contributed by atoms with van der Waals surface area (Å²) in [5, 5.41) is 3.90. The van der Waals surface area contributed by atoms with Crippen molar-refractivity contribution in [3.63, 3.8) is 0 Å². The molecule has 206 valence electrons. The Labute approximate surface area is 234 Å². The van der Waals surface area contributed by atoms with Crippen LogP contribution in [0.1, 0.15) is 84.1 Å². The van der Waals surface area contributed by atoms with Crippen LogP contribution in [0.4, 0.5) is 17.1 Å². The maximum absolute atomic E-state index is 13.7. The summed E-state index contributed by atoms with van der Waals surface area (Å²) in [6.07, 6.45) is 6.14. The van der Waals surface area contributed by atoms with Gasteiger partial charge in [0.25, 0.3) is 0 Å². The summed E-state index contributed by atoms with van der Waals surface area (Å²) in [5.41, 5.74) is 8.06. The number of carbonyl (C=O) groups is 1. The van der Waals surface area contributed by atoms with E-state index < -0.39 is 5.60 Å². The minimum Gasteiger partial charge on any atom is -0.440 e. The number of esters is 1. The lowest BCUT2D eigenvalue weighted by Crippen LogP contribution is -2.33. The summed E-state index contributed by atoms with van der Waals surface area (Å²) in [7, 11) is 4.00. The van der Waals surface area contributed by atoms with Crippen LogP contribution in [0.2, 0.25) is 0 Å². The van der Waals surface area contributed by atoms with E-state index in [2.05, 4.69) is 86.4 Å². The van der Waals surface area contributed by atoms with E-state index in [1.807, 2.05) is 25.1 Å². The van der Waals surface area contributed by atoms with Gasteiger partial charge in [0.15, 0.2) is 5.60 Å². The Hall–Kier alpha value is -3.47. The van der Waals surface area contributed by atoms with Gasteiger partial charge in [0.05, 0.1) is 5.56 Å². The van der Waals surface area contributed by atoms with Crippen molar-refractivity contribution in [1.82, 2.24) is 0 Å². The largest absolute Gasteiger partial charge is 0.440 e. The molecule has 5 heteroatoms. The third-order valence-corrected chi connectivity index (χ3v) is 8.60. The number of ether oxygens (including phenoxy) is 1. The molecule has 1 aliphatic carbocycles. The van der Waals surface area contributed by atoms with Crippen LogP contribution in [0.15, 0.2) is 54.6 Å². The lowest BCUT2D eigenvalue weighted by atomic mass is 9.76. The molecule has 1 saturated carbocycles. The van der Waals surface area contributed by atoms with Crippen molar-refractivity contribution in [2.24, 2.45) is 0 Å². The van der Waals surface area contributed by atoms with Gasteiger partial charge in [-0.2, -0.15) is 0 Å². The number of hydrogen-bond donors (Lipinski definition) is 1. The Morgan fingerprint density at radius 2 is 1.51 bits per heavy atom. The zero-order valence-electron chi connectivity index (χ0n) is 24.4. The quantitative estimate of drug-likeness (QED) is 0.310. The Morgan fingerprint density at radius 3 is 2.18 bits per heavy atom. The van der Waals surface area contributed by atoms with Gasteiger partial charge in [-0.25, -0.2) is 4.79 Å². The molecule has 0 amide bonds. The fraction of sp³-hybridized carbons (Fsp3) is 0.441. The first-order valence-electron chi connectivity index (χ1n) is 14.6. The maximum Gasteiger partial charge on any atom is 0.340 e. The van der Waals surface area contributed by atoms with Gasteiger partial charge in [0, 0.05) is 67.0 Å². The molecule has 5 rings (SSSR count). The van der Waals surface area contributed by atoms with Crippen molar-refractivity contribution in [1.29, 1.82) is 0 Å². The Kier molecular flexibility index (Phi) is 7.61. The van der Waals surface area contributed by atoms with Crippen LogP contribution in [-0.4, -0.2) is 39.2 Å². The van der Waals surface area contributed by atoms with Crippen molar-refractivity contribution >= 4 is 23.0 Å². The first-order chi connectivity index (χ1) is 18.8. The standard InChI is InChI=1S/C34H43N3O2/c1-7-37(8-2)27-16-18-29(24(4)21-27)34(30-19-15-26(36(5)6)22-28(30)33(38)39-34)31-17-14-23(3)20-32(31)35-25-12-10-9-11-13-25/h14-22,25,35H,7-13H2,1-6H3. The van der Waals surface area contributed by atoms with Crippen LogP contribution >= 0.6 is 0 Å². The van der Waals surface area contributed by atoms with E-state index in [-0.39, 0.29) is 5.97 Å². The third kappa shape index (κ3) is 4.88. The van der Waals surface area contributed by atoms with Crippen LogP contribution in [0.5, 0.6) is 0 Å². The number of fused-ring (bicyclic) bond motifs is 1. The zero-order chi connectivity index (χ0) is 27.7. The van der Waals surface area contributed by atoms with Gasteiger partial charge in [0.2, 0.25) is 0 Å². The third-order valence-electron chi connectivity index (χ3n) is 8.60. The molecule has 39 heavy (non-hydrogen) atoms. The molecule has 0 radical (unpaired) electrons. The van der Waals surface area contributed by atoms with Crippen LogP contribution < -0.4 is 15.1 Å². The summed E-state index contributed by atoms with van der Waals surface area (Å²) >= 11 is 0. The SMILES string of the molecule is CCN(CC)c1ccc(C2(c3ccc(C)cc3NC3CCCCC3)OC(=O)c3cc(N(C)C)ccc32)c(C)c1. The van der Waals surface area contributed by atoms with E-state index >= 15 is 0 Å². The van der Waals surface area contributed by atoms with Crippen molar-refractivity contribution in [3.05, 3.63) is 88.0 Å². The lowest BCUT2D eigenvalue weighted by Gasteiger charge is -2.35. The Balaban J connectivity index is 1.74. The van der Waals surface area contributed by atoms with E-state index in [0.29, 0.717) is 11.6 Å². The average molecular weight is 526 g/mol. The number of carbonyl (C=O) groups excluding carboxylic acids is 1. The molecule has 2 aliphatic rings. The summed E-state index contributed by atoms with van der Waals surface area (Å²) in [6.45, 7) is 10.5. The second kappa shape index (κ2) is 11.0. The number of benzene rings is 3. The molecule has 1 atom stereocenters. The molecule has 5 nitrogen and oxygen atoms in total. The smallest absolute Gasteiger partial charge is 0.340 e. The van der Waals surface area contributed by atoms with Gasteiger partial charge < -0.3 is 19.9 Å². The van der Waals surface area contributed by atoms with E-state index in [9.17, 15) is 4.79 Å². The number of cyclic esters (lactones) is 1. The van der Waals surface area contributed by atoms with Gasteiger partial charge in [-0.1, -0.05) is 43.5 Å². The molecular formula is C34H43N3O2. The summed E-state index contributed by atoms with van der Waals surface area (Å²) < 4.78 is 6.62. The fourth-order valence-corrected chi connectivity index (χ4v) is 6.46. The number of nitrogens with zero attached hydrogens (tertiary/aromatic N) is 2. The number of rotatable bonds is 8. The molecule has 0 spiro atoms. The fourth-order valence-electron chi connectivity index (χ4n) is 6.46. The molecule has 1 heterocycles. The molecular weight excluding hydrogens is 482 g/mol. The van der Waals surface area contributed by atoms with Gasteiger partial charge in [0.1, 0.15) is 0 Å². The summed E-state index contributed by atoms with van der Waals surface area (Å²) in [4.78, 5) is 18.1. The van der Waals surface area contributed by atoms with Gasteiger partial charge in [-0.15, -0.1) is 0 Å². The maximum atomic E-state index is 13.7. The molecule has 1 N–H and O–H groups in total. The number of anilines is 3. The average Bonchev–Trinajstić information content (AvgIpc) is 3.22. The van der Waals surface area contributed by atoms with E-state index in [1.54, 1.807) is 0 Å². The number of aryl methyl sites for hydroxylation is 2.